The maximum atomic E-state index is 4.50. The molecule has 0 fully saturated rings. The highest BCUT2D eigenvalue weighted by Gasteiger charge is 1.98. The highest BCUT2D eigenvalue weighted by Crippen LogP contribution is 2.26. The van der Waals surface area contributed by atoms with Gasteiger partial charge in [-0.25, -0.2) is 0 Å². The lowest BCUT2D eigenvalue weighted by atomic mass is 10.2. The monoisotopic (exact) mass is 399 g/mol. The molecule has 1 nitrogen and oxygen atoms in total. The molecule has 17 heavy (non-hydrogen) atoms. The van der Waals surface area contributed by atoms with Crippen molar-refractivity contribution in [2.24, 2.45) is 4.99 Å². The third-order valence-corrected chi connectivity index (χ3v) is 3.97. The molecule has 0 saturated carbocycles. The number of aryl methyl sites for hydroxylation is 1. The van der Waals surface area contributed by atoms with Gasteiger partial charge in [0.05, 0.1) is 5.69 Å². The van der Waals surface area contributed by atoms with E-state index in [-0.39, 0.29) is 0 Å². The van der Waals surface area contributed by atoms with Gasteiger partial charge in [-0.05, 0) is 69.2 Å². The van der Waals surface area contributed by atoms with E-state index in [0.717, 1.165) is 15.7 Å². The molecule has 0 aliphatic heterocycles. The van der Waals surface area contributed by atoms with Crippen molar-refractivity contribution in [2.45, 2.75) is 6.92 Å². The van der Waals surface area contributed by atoms with Gasteiger partial charge < -0.3 is 0 Å². The SMILES string of the molecule is Cc1ccc(N=Cc2ccccc2I)c(Br)c1. The van der Waals surface area contributed by atoms with Gasteiger partial charge in [-0.1, -0.05) is 24.3 Å². The van der Waals surface area contributed by atoms with Gasteiger partial charge in [0.1, 0.15) is 0 Å². The van der Waals surface area contributed by atoms with Crippen molar-refractivity contribution in [1.82, 2.24) is 0 Å². The molecule has 0 amide bonds. The van der Waals surface area contributed by atoms with Crippen molar-refractivity contribution >= 4 is 50.4 Å². The molecule has 0 radical (unpaired) electrons. The molecule has 0 aliphatic carbocycles. The quantitative estimate of drug-likeness (QED) is 0.491. The average Bonchev–Trinajstić information content (AvgIpc) is 2.30. The second-order valence-corrected chi connectivity index (χ2v) is 5.75. The van der Waals surface area contributed by atoms with Gasteiger partial charge in [-0.15, -0.1) is 0 Å². The minimum atomic E-state index is 0.954. The summed E-state index contributed by atoms with van der Waals surface area (Å²) in [5.41, 5.74) is 3.32. The maximum Gasteiger partial charge on any atom is 0.0772 e. The molecular weight excluding hydrogens is 389 g/mol. The zero-order valence-electron chi connectivity index (χ0n) is 9.32. The van der Waals surface area contributed by atoms with Crippen molar-refractivity contribution in [2.75, 3.05) is 0 Å². The Labute approximate surface area is 123 Å². The topological polar surface area (TPSA) is 12.4 Å². The summed E-state index contributed by atoms with van der Waals surface area (Å²) in [6, 6.07) is 14.3. The number of rotatable bonds is 2. The van der Waals surface area contributed by atoms with E-state index in [2.05, 4.69) is 74.7 Å². The van der Waals surface area contributed by atoms with Crippen LogP contribution in [0, 0.1) is 10.5 Å². The van der Waals surface area contributed by atoms with E-state index in [0.29, 0.717) is 0 Å². The predicted octanol–water partition coefficient (Wildman–Crippen LogP) is 5.11. The zero-order chi connectivity index (χ0) is 12.3. The molecule has 3 heteroatoms. The molecule has 0 aromatic heterocycles. The molecule has 0 heterocycles. The first kappa shape index (κ1) is 12.8. The lowest BCUT2D eigenvalue weighted by Crippen LogP contribution is -1.85. The number of hydrogen-bond acceptors (Lipinski definition) is 1. The summed E-state index contributed by atoms with van der Waals surface area (Å²) >= 11 is 5.84. The molecule has 2 aromatic rings. The van der Waals surface area contributed by atoms with Gasteiger partial charge >= 0.3 is 0 Å². The number of halogens is 2. The molecule has 0 unspecified atom stereocenters. The van der Waals surface area contributed by atoms with E-state index in [1.165, 1.54) is 9.13 Å². The second kappa shape index (κ2) is 5.78. The number of benzene rings is 2. The molecule has 0 spiro atoms. The van der Waals surface area contributed by atoms with E-state index in [4.69, 9.17) is 0 Å². The fourth-order valence-electron chi connectivity index (χ4n) is 1.44. The zero-order valence-corrected chi connectivity index (χ0v) is 13.1. The molecule has 2 aromatic carbocycles. The Morgan fingerprint density at radius 3 is 2.65 bits per heavy atom. The minimum Gasteiger partial charge on any atom is -0.255 e. The van der Waals surface area contributed by atoms with Crippen LogP contribution in [0.3, 0.4) is 0 Å². The van der Waals surface area contributed by atoms with E-state index < -0.39 is 0 Å². The number of aliphatic imine (C=N–C) groups is 1. The summed E-state index contributed by atoms with van der Waals surface area (Å²) in [6.07, 6.45) is 1.90. The first-order chi connectivity index (χ1) is 8.16. The van der Waals surface area contributed by atoms with Crippen LogP contribution >= 0.6 is 38.5 Å². The molecule has 0 N–H and O–H groups in total. The van der Waals surface area contributed by atoms with Crippen LogP contribution in [0.25, 0.3) is 0 Å². The highest BCUT2D eigenvalue weighted by molar-refractivity contribution is 14.1. The summed E-state index contributed by atoms with van der Waals surface area (Å²) in [5.74, 6) is 0. The Balaban J connectivity index is 2.29. The Morgan fingerprint density at radius 2 is 1.94 bits per heavy atom. The first-order valence-corrected chi connectivity index (χ1v) is 7.09. The lowest BCUT2D eigenvalue weighted by molar-refractivity contribution is 1.41. The van der Waals surface area contributed by atoms with E-state index in [1.54, 1.807) is 0 Å². The smallest absolute Gasteiger partial charge is 0.0772 e. The van der Waals surface area contributed by atoms with Gasteiger partial charge in [0.15, 0.2) is 0 Å². The van der Waals surface area contributed by atoms with Crippen LogP contribution in [0.15, 0.2) is 51.9 Å². The summed E-state index contributed by atoms with van der Waals surface area (Å²) in [6.45, 7) is 2.07. The number of nitrogens with zero attached hydrogens (tertiary/aromatic N) is 1. The molecule has 86 valence electrons. The summed E-state index contributed by atoms with van der Waals surface area (Å²) in [7, 11) is 0. The third kappa shape index (κ3) is 3.39. The van der Waals surface area contributed by atoms with Crippen LogP contribution in [-0.2, 0) is 0 Å². The van der Waals surface area contributed by atoms with Crippen LogP contribution in [0.2, 0.25) is 0 Å². The van der Waals surface area contributed by atoms with Crippen LogP contribution in [0.1, 0.15) is 11.1 Å². The van der Waals surface area contributed by atoms with E-state index in [1.807, 2.05) is 24.4 Å². The number of hydrogen-bond donors (Lipinski definition) is 0. The van der Waals surface area contributed by atoms with Gasteiger partial charge in [-0.3, -0.25) is 4.99 Å². The van der Waals surface area contributed by atoms with Gasteiger partial charge in [0.2, 0.25) is 0 Å². The highest BCUT2D eigenvalue weighted by atomic mass is 127. The first-order valence-electron chi connectivity index (χ1n) is 5.21. The molecule has 0 aliphatic rings. The predicted molar refractivity (Wildman–Crippen MR) is 85.3 cm³/mol. The molecular formula is C14H11BrIN. The molecule has 0 atom stereocenters. The fourth-order valence-corrected chi connectivity index (χ4v) is 2.56. The third-order valence-electron chi connectivity index (χ3n) is 2.35. The molecule has 2 rings (SSSR count). The Kier molecular flexibility index (Phi) is 4.34. The van der Waals surface area contributed by atoms with Crippen LogP contribution in [0.5, 0.6) is 0 Å². The van der Waals surface area contributed by atoms with Gasteiger partial charge in [0, 0.05) is 19.8 Å². The molecule has 0 saturated heterocycles. The van der Waals surface area contributed by atoms with Crippen LogP contribution in [0.4, 0.5) is 5.69 Å². The Hall–Kier alpha value is -0.680. The molecule has 0 bridgehead atoms. The Bertz CT molecular complexity index is 564. The largest absolute Gasteiger partial charge is 0.255 e. The van der Waals surface area contributed by atoms with Gasteiger partial charge in [-0.2, -0.15) is 0 Å². The standard InChI is InChI=1S/C14H11BrIN/c1-10-6-7-14(12(15)8-10)17-9-11-4-2-3-5-13(11)16/h2-9H,1H3. The van der Waals surface area contributed by atoms with Gasteiger partial charge in [0.25, 0.3) is 0 Å². The summed E-state index contributed by atoms with van der Waals surface area (Å²) < 4.78 is 2.23. The minimum absolute atomic E-state index is 0.954. The van der Waals surface area contributed by atoms with E-state index >= 15 is 0 Å². The second-order valence-electron chi connectivity index (χ2n) is 3.73. The van der Waals surface area contributed by atoms with Crippen molar-refractivity contribution in [3.63, 3.8) is 0 Å². The van der Waals surface area contributed by atoms with Crippen LogP contribution in [-0.4, -0.2) is 6.21 Å². The van der Waals surface area contributed by atoms with E-state index in [9.17, 15) is 0 Å². The lowest BCUT2D eigenvalue weighted by Gasteiger charge is -2.00. The average molecular weight is 400 g/mol. The summed E-state index contributed by atoms with van der Waals surface area (Å²) in [5, 5.41) is 0. The normalized spacial score (nSPS) is 11.0. The Morgan fingerprint density at radius 1 is 1.18 bits per heavy atom. The van der Waals surface area contributed by atoms with Crippen LogP contribution < -0.4 is 0 Å². The van der Waals surface area contributed by atoms with Crippen molar-refractivity contribution < 1.29 is 0 Å². The fraction of sp³-hybridized carbons (Fsp3) is 0.0714. The van der Waals surface area contributed by atoms with Crippen molar-refractivity contribution in [3.8, 4) is 0 Å². The van der Waals surface area contributed by atoms with Crippen molar-refractivity contribution in [3.05, 3.63) is 61.6 Å². The summed E-state index contributed by atoms with van der Waals surface area (Å²) in [4.78, 5) is 4.50. The maximum absolute atomic E-state index is 4.50. The van der Waals surface area contributed by atoms with Crippen molar-refractivity contribution in [1.29, 1.82) is 0 Å².